The molecule has 6 heteroatoms. The van der Waals surface area contributed by atoms with Gasteiger partial charge in [-0.15, -0.1) is 0 Å². The van der Waals surface area contributed by atoms with Crippen LogP contribution in [0.1, 0.15) is 15.9 Å². The number of carbonyl (C=O) groups excluding carboxylic acids is 1. The van der Waals surface area contributed by atoms with Gasteiger partial charge in [0, 0.05) is 57.8 Å². The van der Waals surface area contributed by atoms with Crippen LogP contribution in [0, 0.1) is 0 Å². The van der Waals surface area contributed by atoms with E-state index in [0.29, 0.717) is 24.4 Å². The number of nitrogens with two attached hydrogens (primary N) is 1. The van der Waals surface area contributed by atoms with Gasteiger partial charge < -0.3 is 20.7 Å². The van der Waals surface area contributed by atoms with Gasteiger partial charge in [-0.1, -0.05) is 30.3 Å². The van der Waals surface area contributed by atoms with Crippen molar-refractivity contribution in [2.75, 3.05) is 57.1 Å². The molecule has 1 amide bonds. The predicted molar refractivity (Wildman–Crippen MR) is 109 cm³/mol. The van der Waals surface area contributed by atoms with E-state index in [0.717, 1.165) is 38.4 Å². The predicted octanol–water partition coefficient (Wildman–Crippen LogP) is 1.97. The van der Waals surface area contributed by atoms with E-state index >= 15 is 0 Å². The first kappa shape index (κ1) is 19.2. The van der Waals surface area contributed by atoms with Crippen molar-refractivity contribution in [3.63, 3.8) is 0 Å². The van der Waals surface area contributed by atoms with Gasteiger partial charge in [-0.05, 0) is 23.8 Å². The molecular weight excluding hydrogens is 340 g/mol. The van der Waals surface area contributed by atoms with Crippen LogP contribution in [-0.4, -0.2) is 57.2 Å². The zero-order valence-electron chi connectivity index (χ0n) is 15.9. The Kier molecular flexibility index (Phi) is 6.68. The number of amides is 1. The Morgan fingerprint density at radius 1 is 1.11 bits per heavy atom. The standard InChI is InChI=1S/C21H28N4O2/c1-27-14-9-23-21(26)19-15-18(22)7-8-20(19)25-12-10-24(11-13-25)16-17-5-3-2-4-6-17/h2-8,15H,9-14,16,22H2,1H3,(H,23,26). The molecule has 1 saturated heterocycles. The third-order valence-corrected chi connectivity index (χ3v) is 4.82. The molecular formula is C21H28N4O2. The highest BCUT2D eigenvalue weighted by atomic mass is 16.5. The fraction of sp³-hybridized carbons (Fsp3) is 0.381. The quantitative estimate of drug-likeness (QED) is 0.578. The van der Waals surface area contributed by atoms with Crippen molar-refractivity contribution in [1.29, 1.82) is 0 Å². The number of carbonyl (C=O) groups is 1. The van der Waals surface area contributed by atoms with Crippen LogP contribution in [0.4, 0.5) is 11.4 Å². The van der Waals surface area contributed by atoms with Crippen LogP contribution in [0.25, 0.3) is 0 Å². The largest absolute Gasteiger partial charge is 0.399 e. The van der Waals surface area contributed by atoms with E-state index < -0.39 is 0 Å². The van der Waals surface area contributed by atoms with Crippen molar-refractivity contribution in [2.45, 2.75) is 6.54 Å². The van der Waals surface area contributed by atoms with Crippen LogP contribution in [0.2, 0.25) is 0 Å². The van der Waals surface area contributed by atoms with Gasteiger partial charge in [-0.25, -0.2) is 0 Å². The number of nitrogens with one attached hydrogen (secondary N) is 1. The van der Waals surface area contributed by atoms with E-state index in [2.05, 4.69) is 39.4 Å². The summed E-state index contributed by atoms with van der Waals surface area (Å²) in [4.78, 5) is 17.3. The number of ether oxygens (including phenoxy) is 1. The summed E-state index contributed by atoms with van der Waals surface area (Å²) in [6, 6.07) is 16.1. The van der Waals surface area contributed by atoms with E-state index in [1.807, 2.05) is 18.2 Å². The fourth-order valence-electron chi connectivity index (χ4n) is 3.36. The smallest absolute Gasteiger partial charge is 0.253 e. The van der Waals surface area contributed by atoms with E-state index in [1.165, 1.54) is 5.56 Å². The van der Waals surface area contributed by atoms with Gasteiger partial charge >= 0.3 is 0 Å². The molecule has 1 aliphatic rings. The lowest BCUT2D eigenvalue weighted by Gasteiger charge is -2.37. The van der Waals surface area contributed by atoms with E-state index in [4.69, 9.17) is 10.5 Å². The number of benzene rings is 2. The molecule has 1 aliphatic heterocycles. The molecule has 0 aromatic heterocycles. The molecule has 0 saturated carbocycles. The second kappa shape index (κ2) is 9.39. The second-order valence-electron chi connectivity index (χ2n) is 6.77. The summed E-state index contributed by atoms with van der Waals surface area (Å²) in [6.45, 7) is 5.62. The van der Waals surface area contributed by atoms with Crippen molar-refractivity contribution >= 4 is 17.3 Å². The molecule has 144 valence electrons. The number of hydrogen-bond acceptors (Lipinski definition) is 5. The maximum Gasteiger partial charge on any atom is 0.253 e. The van der Waals surface area contributed by atoms with Crippen molar-refractivity contribution in [3.8, 4) is 0 Å². The Morgan fingerprint density at radius 3 is 2.56 bits per heavy atom. The molecule has 3 N–H and O–H groups in total. The monoisotopic (exact) mass is 368 g/mol. The number of nitrogens with zero attached hydrogens (tertiary/aromatic N) is 2. The van der Waals surface area contributed by atoms with Gasteiger partial charge in [0.15, 0.2) is 0 Å². The first-order valence-corrected chi connectivity index (χ1v) is 9.35. The highest BCUT2D eigenvalue weighted by molar-refractivity contribution is 6.00. The van der Waals surface area contributed by atoms with Crippen molar-refractivity contribution in [3.05, 3.63) is 59.7 Å². The molecule has 2 aromatic carbocycles. The highest BCUT2D eigenvalue weighted by Crippen LogP contribution is 2.25. The van der Waals surface area contributed by atoms with Gasteiger partial charge in [0.2, 0.25) is 0 Å². The Balaban J connectivity index is 1.64. The minimum atomic E-state index is -0.110. The van der Waals surface area contributed by atoms with Crippen molar-refractivity contribution in [1.82, 2.24) is 10.2 Å². The summed E-state index contributed by atoms with van der Waals surface area (Å²) in [6.07, 6.45) is 0. The van der Waals surface area contributed by atoms with Gasteiger partial charge in [-0.3, -0.25) is 9.69 Å². The lowest BCUT2D eigenvalue weighted by molar-refractivity contribution is 0.0937. The minimum Gasteiger partial charge on any atom is -0.399 e. The fourth-order valence-corrected chi connectivity index (χ4v) is 3.36. The summed E-state index contributed by atoms with van der Waals surface area (Å²) in [7, 11) is 1.62. The van der Waals surface area contributed by atoms with Crippen LogP contribution >= 0.6 is 0 Å². The molecule has 27 heavy (non-hydrogen) atoms. The topological polar surface area (TPSA) is 70.8 Å². The molecule has 0 unspecified atom stereocenters. The Hall–Kier alpha value is -2.57. The highest BCUT2D eigenvalue weighted by Gasteiger charge is 2.21. The average molecular weight is 368 g/mol. The van der Waals surface area contributed by atoms with E-state index in [1.54, 1.807) is 13.2 Å². The SMILES string of the molecule is COCCNC(=O)c1cc(N)ccc1N1CCN(Cc2ccccc2)CC1. The lowest BCUT2D eigenvalue weighted by Crippen LogP contribution is -2.46. The van der Waals surface area contributed by atoms with Crippen LogP contribution < -0.4 is 16.0 Å². The molecule has 0 radical (unpaired) electrons. The number of anilines is 2. The van der Waals surface area contributed by atoms with Crippen LogP contribution in [0.5, 0.6) is 0 Å². The number of piperazine rings is 1. The van der Waals surface area contributed by atoms with Gasteiger partial charge in [0.1, 0.15) is 0 Å². The number of nitrogen functional groups attached to an aromatic ring is 1. The molecule has 6 nitrogen and oxygen atoms in total. The zero-order chi connectivity index (χ0) is 19.1. The maximum atomic E-state index is 12.6. The Bertz CT molecular complexity index is 743. The molecule has 0 bridgehead atoms. The summed E-state index contributed by atoms with van der Waals surface area (Å²) in [5.74, 6) is -0.110. The molecule has 1 fully saturated rings. The van der Waals surface area contributed by atoms with Crippen LogP contribution in [0.3, 0.4) is 0 Å². The lowest BCUT2D eigenvalue weighted by atomic mass is 10.1. The summed E-state index contributed by atoms with van der Waals surface area (Å²) >= 11 is 0. The van der Waals surface area contributed by atoms with Gasteiger partial charge in [0.25, 0.3) is 5.91 Å². The van der Waals surface area contributed by atoms with Crippen molar-refractivity contribution < 1.29 is 9.53 Å². The number of methoxy groups -OCH3 is 1. The number of rotatable bonds is 7. The first-order valence-electron chi connectivity index (χ1n) is 9.35. The molecule has 0 atom stereocenters. The molecule has 2 aromatic rings. The van der Waals surface area contributed by atoms with E-state index in [9.17, 15) is 4.79 Å². The average Bonchev–Trinajstić information content (AvgIpc) is 2.69. The van der Waals surface area contributed by atoms with Crippen LogP contribution in [-0.2, 0) is 11.3 Å². The summed E-state index contributed by atoms with van der Waals surface area (Å²) in [5.41, 5.74) is 9.42. The Morgan fingerprint density at radius 2 is 1.85 bits per heavy atom. The zero-order valence-corrected chi connectivity index (χ0v) is 15.9. The molecule has 3 rings (SSSR count). The first-order chi connectivity index (χ1) is 13.2. The normalized spacial score (nSPS) is 14.9. The maximum absolute atomic E-state index is 12.6. The summed E-state index contributed by atoms with van der Waals surface area (Å²) in [5, 5.41) is 2.89. The summed E-state index contributed by atoms with van der Waals surface area (Å²) < 4.78 is 5.00. The van der Waals surface area contributed by atoms with Crippen molar-refractivity contribution in [2.24, 2.45) is 0 Å². The van der Waals surface area contributed by atoms with Crippen LogP contribution in [0.15, 0.2) is 48.5 Å². The van der Waals surface area contributed by atoms with Gasteiger partial charge in [0.05, 0.1) is 12.2 Å². The van der Waals surface area contributed by atoms with Gasteiger partial charge in [-0.2, -0.15) is 0 Å². The molecule has 0 spiro atoms. The van der Waals surface area contributed by atoms with E-state index in [-0.39, 0.29) is 5.91 Å². The number of hydrogen-bond donors (Lipinski definition) is 2. The third kappa shape index (κ3) is 5.21. The second-order valence-corrected chi connectivity index (χ2v) is 6.77. The minimum absolute atomic E-state index is 0.110. The third-order valence-electron chi connectivity index (χ3n) is 4.82. The Labute approximate surface area is 160 Å². The molecule has 1 heterocycles. The molecule has 0 aliphatic carbocycles.